The second-order valence-corrected chi connectivity index (χ2v) is 5.66. The number of nitrogens with zero attached hydrogens (tertiary/aromatic N) is 1. The fraction of sp³-hybridized carbons (Fsp3) is 0.500. The van der Waals surface area contributed by atoms with Crippen LogP contribution >= 0.6 is 0 Å². The van der Waals surface area contributed by atoms with Crippen LogP contribution in [0.15, 0.2) is 12.3 Å². The molecule has 1 amide bonds. The smallest absolute Gasteiger partial charge is 0.267 e. The minimum atomic E-state index is -3.47. The lowest BCUT2D eigenvalue weighted by Gasteiger charge is -2.07. The highest BCUT2D eigenvalue weighted by molar-refractivity contribution is 7.89. The van der Waals surface area contributed by atoms with E-state index >= 15 is 0 Å². The average molecular weight is 274 g/mol. The molecule has 7 nitrogen and oxygen atoms in total. The van der Waals surface area contributed by atoms with Crippen molar-refractivity contribution in [3.8, 4) is 0 Å². The fourth-order valence-corrected chi connectivity index (χ4v) is 2.10. The molecule has 0 spiro atoms. The highest BCUT2D eigenvalue weighted by Gasteiger charge is 2.11. The van der Waals surface area contributed by atoms with Gasteiger partial charge in [-0.05, 0) is 19.4 Å². The van der Waals surface area contributed by atoms with Gasteiger partial charge in [0.1, 0.15) is 5.69 Å². The zero-order chi connectivity index (χ0) is 13.8. The Morgan fingerprint density at radius 3 is 2.72 bits per heavy atom. The molecule has 8 heteroatoms. The van der Waals surface area contributed by atoms with Gasteiger partial charge in [-0.1, -0.05) is 0 Å². The van der Waals surface area contributed by atoms with Gasteiger partial charge in [-0.15, -0.1) is 0 Å². The lowest BCUT2D eigenvalue weighted by atomic mass is 10.3. The molecule has 0 radical (unpaired) electrons. The summed E-state index contributed by atoms with van der Waals surface area (Å²) >= 11 is 0. The van der Waals surface area contributed by atoms with E-state index in [2.05, 4.69) is 5.32 Å². The van der Waals surface area contributed by atoms with Crippen LogP contribution in [0.1, 0.15) is 23.8 Å². The van der Waals surface area contributed by atoms with Gasteiger partial charge < -0.3 is 15.6 Å². The highest BCUT2D eigenvalue weighted by Crippen LogP contribution is 2.10. The number of anilines is 1. The summed E-state index contributed by atoms with van der Waals surface area (Å²) in [6, 6.07) is 1.58. The van der Waals surface area contributed by atoms with Crippen LogP contribution in [0.2, 0.25) is 0 Å². The normalized spacial score (nSPS) is 11.4. The van der Waals surface area contributed by atoms with Gasteiger partial charge >= 0.3 is 0 Å². The Morgan fingerprint density at radius 2 is 2.17 bits per heavy atom. The van der Waals surface area contributed by atoms with E-state index in [1.165, 1.54) is 0 Å². The second kappa shape index (κ2) is 5.87. The average Bonchev–Trinajstić information content (AvgIpc) is 2.64. The second-order valence-electron chi connectivity index (χ2n) is 3.92. The first-order valence-electron chi connectivity index (χ1n) is 5.58. The van der Waals surface area contributed by atoms with E-state index in [9.17, 15) is 13.2 Å². The van der Waals surface area contributed by atoms with E-state index < -0.39 is 10.0 Å². The first kappa shape index (κ1) is 14.5. The number of carbonyl (C=O) groups is 1. The van der Waals surface area contributed by atoms with Crippen molar-refractivity contribution in [2.75, 3.05) is 18.0 Å². The molecule has 0 saturated carbocycles. The molecule has 0 aliphatic rings. The number of nitrogen functional groups attached to an aromatic ring is 1. The minimum Gasteiger partial charge on any atom is -0.397 e. The topological polar surface area (TPSA) is 120 Å². The number of rotatable bonds is 6. The van der Waals surface area contributed by atoms with Crippen LogP contribution in [-0.4, -0.2) is 31.2 Å². The number of aryl methyl sites for hydroxylation is 1. The number of sulfonamides is 1. The fourth-order valence-electron chi connectivity index (χ4n) is 1.55. The van der Waals surface area contributed by atoms with Crippen LogP contribution in [-0.2, 0) is 16.6 Å². The molecule has 18 heavy (non-hydrogen) atoms. The molecule has 1 aromatic heterocycles. The van der Waals surface area contributed by atoms with Crippen molar-refractivity contribution in [2.45, 2.75) is 19.9 Å². The lowest BCUT2D eigenvalue weighted by molar-refractivity contribution is 0.0944. The Labute approximate surface area is 106 Å². The quantitative estimate of drug-likeness (QED) is 0.605. The number of nitrogens with one attached hydrogen (secondary N) is 1. The summed E-state index contributed by atoms with van der Waals surface area (Å²) in [5.74, 6) is -0.424. The van der Waals surface area contributed by atoms with Crippen molar-refractivity contribution in [3.05, 3.63) is 18.0 Å². The maximum Gasteiger partial charge on any atom is 0.267 e. The summed E-state index contributed by atoms with van der Waals surface area (Å²) in [6.07, 6.45) is 1.96. The summed E-state index contributed by atoms with van der Waals surface area (Å²) in [6.45, 7) is 2.79. The summed E-state index contributed by atoms with van der Waals surface area (Å²) in [7, 11) is -3.47. The predicted octanol–water partition coefficient (Wildman–Crippen LogP) is -0.501. The Morgan fingerprint density at radius 1 is 1.50 bits per heavy atom. The molecule has 0 aliphatic carbocycles. The molecule has 0 aromatic carbocycles. The van der Waals surface area contributed by atoms with Crippen molar-refractivity contribution < 1.29 is 13.2 Å². The Balaban J connectivity index is 2.50. The van der Waals surface area contributed by atoms with Crippen molar-refractivity contribution in [3.63, 3.8) is 0 Å². The Hall–Kier alpha value is -1.54. The number of aromatic nitrogens is 1. The molecule has 1 heterocycles. The van der Waals surface area contributed by atoms with Gasteiger partial charge in [0.25, 0.3) is 5.91 Å². The molecular formula is C10H18N4O3S. The first-order valence-corrected chi connectivity index (χ1v) is 7.29. The van der Waals surface area contributed by atoms with E-state index in [0.29, 0.717) is 17.9 Å². The van der Waals surface area contributed by atoms with Crippen LogP contribution in [0.4, 0.5) is 5.69 Å². The van der Waals surface area contributed by atoms with Crippen molar-refractivity contribution in [1.82, 2.24) is 9.88 Å². The maximum atomic E-state index is 11.8. The van der Waals surface area contributed by atoms with E-state index in [1.54, 1.807) is 16.8 Å². The first-order chi connectivity index (χ1) is 8.33. The Bertz CT molecular complexity index is 521. The van der Waals surface area contributed by atoms with Gasteiger partial charge in [-0.3, -0.25) is 4.79 Å². The van der Waals surface area contributed by atoms with Gasteiger partial charge in [-0.2, -0.15) is 0 Å². The minimum absolute atomic E-state index is 0.149. The molecular weight excluding hydrogens is 256 g/mol. The number of hydrogen-bond acceptors (Lipinski definition) is 4. The van der Waals surface area contributed by atoms with Crippen LogP contribution < -0.4 is 16.2 Å². The van der Waals surface area contributed by atoms with Gasteiger partial charge in [0.05, 0.1) is 11.4 Å². The number of primary sulfonamides is 1. The zero-order valence-corrected chi connectivity index (χ0v) is 11.0. The van der Waals surface area contributed by atoms with E-state index in [-0.39, 0.29) is 24.6 Å². The monoisotopic (exact) mass is 274 g/mol. The lowest BCUT2D eigenvalue weighted by Crippen LogP contribution is -2.28. The van der Waals surface area contributed by atoms with Crippen LogP contribution in [0.25, 0.3) is 0 Å². The third-order valence-corrected chi connectivity index (χ3v) is 3.24. The Kier molecular flexibility index (Phi) is 4.74. The molecule has 0 bridgehead atoms. The van der Waals surface area contributed by atoms with E-state index in [1.807, 2.05) is 6.92 Å². The van der Waals surface area contributed by atoms with Crippen molar-refractivity contribution in [2.24, 2.45) is 5.14 Å². The van der Waals surface area contributed by atoms with Gasteiger partial charge in [0.15, 0.2) is 0 Å². The SMILES string of the molecule is CCn1cc(N)cc1C(=O)NCCCS(N)(=O)=O. The van der Waals surface area contributed by atoms with E-state index in [4.69, 9.17) is 10.9 Å². The summed E-state index contributed by atoms with van der Waals surface area (Å²) in [4.78, 5) is 11.8. The third-order valence-electron chi connectivity index (χ3n) is 2.38. The highest BCUT2D eigenvalue weighted by atomic mass is 32.2. The van der Waals surface area contributed by atoms with Gasteiger partial charge in [0.2, 0.25) is 10.0 Å². The van der Waals surface area contributed by atoms with E-state index in [0.717, 1.165) is 0 Å². The van der Waals surface area contributed by atoms with Gasteiger partial charge in [-0.25, -0.2) is 13.6 Å². The molecule has 1 aromatic rings. The number of amides is 1. The predicted molar refractivity (Wildman–Crippen MR) is 69.4 cm³/mol. The molecule has 0 atom stereocenters. The molecule has 5 N–H and O–H groups in total. The van der Waals surface area contributed by atoms with Crippen LogP contribution in [0.5, 0.6) is 0 Å². The van der Waals surface area contributed by atoms with Crippen LogP contribution in [0, 0.1) is 0 Å². The van der Waals surface area contributed by atoms with Gasteiger partial charge in [0, 0.05) is 19.3 Å². The summed E-state index contributed by atoms with van der Waals surface area (Å²) in [5.41, 5.74) is 6.59. The standard InChI is InChI=1S/C10H18N4O3S/c1-2-14-7-8(11)6-9(14)10(15)13-4-3-5-18(12,16)17/h6-7H,2-5,11H2,1H3,(H,13,15)(H2,12,16,17). The maximum absolute atomic E-state index is 11.8. The van der Waals surface area contributed by atoms with Crippen molar-refractivity contribution in [1.29, 1.82) is 0 Å². The molecule has 102 valence electrons. The number of nitrogens with two attached hydrogens (primary N) is 2. The summed E-state index contributed by atoms with van der Waals surface area (Å²) in [5, 5.41) is 7.48. The third kappa shape index (κ3) is 4.38. The number of carbonyl (C=O) groups excluding carboxylic acids is 1. The molecule has 1 rings (SSSR count). The van der Waals surface area contributed by atoms with Crippen molar-refractivity contribution >= 4 is 21.6 Å². The molecule has 0 saturated heterocycles. The molecule has 0 fully saturated rings. The summed E-state index contributed by atoms with van der Waals surface area (Å²) < 4.78 is 23.1. The zero-order valence-electron chi connectivity index (χ0n) is 10.2. The largest absolute Gasteiger partial charge is 0.397 e. The number of hydrogen-bond donors (Lipinski definition) is 3. The molecule has 0 aliphatic heterocycles. The molecule has 0 unspecified atom stereocenters. The van der Waals surface area contributed by atoms with Crippen LogP contribution in [0.3, 0.4) is 0 Å².